The SMILES string of the molecule is CC(C)(C)OC(=O)N1C(Br)(Br)C2=CN(c3cnc(-c4ccccc4)s3)C(Br)C2(Br)C1(Br)Br. The number of ether oxygens (including phenoxy) is 1. The van der Waals surface area contributed by atoms with Crippen LogP contribution < -0.4 is 4.90 Å². The summed E-state index contributed by atoms with van der Waals surface area (Å²) in [5.41, 5.74) is 1.28. The molecule has 1 fully saturated rings. The van der Waals surface area contributed by atoms with E-state index in [9.17, 15) is 4.79 Å². The molecule has 1 amide bonds. The molecule has 0 radical (unpaired) electrons. The molecule has 0 bridgehead atoms. The highest BCUT2D eigenvalue weighted by atomic mass is 79.9. The van der Waals surface area contributed by atoms with Gasteiger partial charge in [-0.05, 0) is 84.5 Å². The third-order valence-electron chi connectivity index (χ3n) is 4.90. The monoisotopic (exact) mass is 837 g/mol. The number of carbonyl (C=O) groups excluding carboxylic acids is 1. The van der Waals surface area contributed by atoms with Gasteiger partial charge in [0.1, 0.15) is 24.9 Å². The van der Waals surface area contributed by atoms with E-state index in [-0.39, 0.29) is 4.95 Å². The number of rotatable bonds is 2. The van der Waals surface area contributed by atoms with Gasteiger partial charge in [-0.3, -0.25) is 4.90 Å². The van der Waals surface area contributed by atoms with Gasteiger partial charge in [0.05, 0.1) is 6.20 Å². The zero-order chi connectivity index (χ0) is 23.7. The van der Waals surface area contributed by atoms with Crippen LogP contribution in [0.4, 0.5) is 9.80 Å². The number of anilines is 1. The van der Waals surface area contributed by atoms with Crippen molar-refractivity contribution in [2.75, 3.05) is 4.90 Å². The molecule has 172 valence electrons. The van der Waals surface area contributed by atoms with Crippen LogP contribution in [0, 0.1) is 0 Å². The van der Waals surface area contributed by atoms with Crippen LogP contribution in [0.15, 0.2) is 48.3 Å². The van der Waals surface area contributed by atoms with Gasteiger partial charge in [-0.25, -0.2) is 9.78 Å². The molecular formula is C20H17Br6N3O2S. The Kier molecular flexibility index (Phi) is 6.87. The van der Waals surface area contributed by atoms with Crippen LogP contribution in [0.3, 0.4) is 0 Å². The Balaban J connectivity index is 1.74. The van der Waals surface area contributed by atoms with E-state index in [1.54, 1.807) is 16.2 Å². The van der Waals surface area contributed by atoms with Crippen molar-refractivity contribution in [2.45, 2.75) is 42.4 Å². The summed E-state index contributed by atoms with van der Waals surface area (Å²) in [7, 11) is 0. The van der Waals surface area contributed by atoms with E-state index < -0.39 is 22.7 Å². The van der Waals surface area contributed by atoms with Crippen molar-refractivity contribution in [3.8, 4) is 10.6 Å². The van der Waals surface area contributed by atoms with Gasteiger partial charge in [-0.1, -0.05) is 73.5 Å². The summed E-state index contributed by atoms with van der Waals surface area (Å²) in [6, 6.07) is 10.1. The molecule has 1 aromatic heterocycles. The fourth-order valence-corrected chi connectivity index (χ4v) is 11.7. The molecule has 2 aliphatic rings. The molecule has 12 heteroatoms. The van der Waals surface area contributed by atoms with Crippen molar-refractivity contribution in [2.24, 2.45) is 0 Å². The summed E-state index contributed by atoms with van der Waals surface area (Å²) in [5.74, 6) is 0. The molecule has 0 N–H and O–H groups in total. The lowest BCUT2D eigenvalue weighted by Gasteiger charge is -2.41. The van der Waals surface area contributed by atoms with E-state index in [0.29, 0.717) is 0 Å². The molecule has 0 spiro atoms. The first-order valence-electron chi connectivity index (χ1n) is 9.35. The topological polar surface area (TPSA) is 45.7 Å². The first kappa shape index (κ1) is 25.6. The van der Waals surface area contributed by atoms with E-state index in [0.717, 1.165) is 21.1 Å². The number of alkyl halides is 6. The molecule has 4 rings (SSSR count). The van der Waals surface area contributed by atoms with Gasteiger partial charge in [0.2, 0.25) is 0 Å². The third-order valence-corrected chi connectivity index (χ3v) is 13.7. The minimum atomic E-state index is -1.04. The maximum Gasteiger partial charge on any atom is 0.414 e. The second-order valence-corrected chi connectivity index (χ2v) is 18.1. The lowest BCUT2D eigenvalue weighted by atomic mass is 10.1. The number of hydrogen-bond acceptors (Lipinski definition) is 5. The van der Waals surface area contributed by atoms with E-state index in [4.69, 9.17) is 4.74 Å². The van der Waals surface area contributed by atoms with Crippen molar-refractivity contribution in [3.05, 3.63) is 48.3 Å². The summed E-state index contributed by atoms with van der Waals surface area (Å²) in [5, 5.41) is 1.89. The van der Waals surface area contributed by atoms with Crippen LogP contribution in [-0.4, -0.2) is 37.6 Å². The van der Waals surface area contributed by atoms with Gasteiger partial charge in [0.25, 0.3) is 0 Å². The number of likely N-dealkylation sites (tertiary alicyclic amines) is 1. The maximum absolute atomic E-state index is 13.2. The van der Waals surface area contributed by atoms with Crippen molar-refractivity contribution >= 4 is 118 Å². The van der Waals surface area contributed by atoms with Crippen molar-refractivity contribution < 1.29 is 9.53 Å². The maximum atomic E-state index is 13.2. The zero-order valence-electron chi connectivity index (χ0n) is 17.0. The Morgan fingerprint density at radius 2 is 1.75 bits per heavy atom. The summed E-state index contributed by atoms with van der Waals surface area (Å²) in [6.45, 7) is 5.51. The first-order chi connectivity index (χ1) is 14.7. The second-order valence-electron chi connectivity index (χ2n) is 8.27. The van der Waals surface area contributed by atoms with Crippen LogP contribution >= 0.6 is 107 Å². The number of nitrogens with zero attached hydrogens (tertiary/aromatic N) is 3. The Hall–Kier alpha value is 0.540. The van der Waals surface area contributed by atoms with Crippen LogP contribution in [0.2, 0.25) is 0 Å². The van der Waals surface area contributed by atoms with Gasteiger partial charge in [-0.2, -0.15) is 0 Å². The number of hydrogen-bond donors (Lipinski definition) is 0. The number of aromatic nitrogens is 1. The summed E-state index contributed by atoms with van der Waals surface area (Å²) >= 11 is 24.4. The molecule has 3 heterocycles. The van der Waals surface area contributed by atoms with E-state index >= 15 is 0 Å². The fraction of sp³-hybridized carbons (Fsp3) is 0.400. The average molecular weight is 843 g/mol. The lowest BCUT2D eigenvalue weighted by molar-refractivity contribution is 0.0234. The van der Waals surface area contributed by atoms with Gasteiger partial charge < -0.3 is 9.64 Å². The lowest BCUT2D eigenvalue weighted by Crippen LogP contribution is -2.56. The normalized spacial score (nSPS) is 26.2. The Bertz CT molecular complexity index is 1080. The number of amides is 1. The van der Waals surface area contributed by atoms with Crippen molar-refractivity contribution in [1.29, 1.82) is 0 Å². The minimum Gasteiger partial charge on any atom is -0.444 e. The number of thiazole rings is 1. The Morgan fingerprint density at radius 1 is 1.12 bits per heavy atom. The van der Waals surface area contributed by atoms with Crippen LogP contribution in [0.1, 0.15) is 20.8 Å². The quantitative estimate of drug-likeness (QED) is 0.225. The first-order valence-corrected chi connectivity index (χ1v) is 15.1. The number of carbonyl (C=O) groups is 1. The third kappa shape index (κ3) is 4.01. The molecule has 1 saturated heterocycles. The fourth-order valence-electron chi connectivity index (χ4n) is 3.49. The highest BCUT2D eigenvalue weighted by molar-refractivity contribution is 9.27. The minimum absolute atomic E-state index is 0.269. The standard InChI is InChI=1S/C20H17Br6N3O2S/c1-17(2,3)31-16(30)29-19(23,24)12-10-28(15(21)18(12,22)20(29,25)26)13-9-27-14(32-13)11-7-5-4-6-8-11/h4-10,15H,1-3H3. The molecular weight excluding hydrogens is 826 g/mol. The molecule has 2 unspecified atom stereocenters. The molecule has 0 saturated carbocycles. The zero-order valence-corrected chi connectivity index (χ0v) is 27.3. The largest absolute Gasteiger partial charge is 0.444 e. The number of halogens is 6. The molecule has 1 aromatic carbocycles. The van der Waals surface area contributed by atoms with Crippen molar-refractivity contribution in [3.63, 3.8) is 0 Å². The molecule has 2 atom stereocenters. The average Bonchev–Trinajstić information content (AvgIpc) is 3.28. The molecule has 2 aromatic rings. The second kappa shape index (κ2) is 8.58. The van der Waals surface area contributed by atoms with Crippen LogP contribution in [0.25, 0.3) is 10.6 Å². The highest BCUT2D eigenvalue weighted by Gasteiger charge is 2.75. The van der Waals surface area contributed by atoms with E-state index in [1.807, 2.05) is 63.5 Å². The van der Waals surface area contributed by atoms with Crippen LogP contribution in [-0.2, 0) is 4.74 Å². The van der Waals surface area contributed by atoms with E-state index in [1.165, 1.54) is 0 Å². The molecule has 32 heavy (non-hydrogen) atoms. The van der Waals surface area contributed by atoms with E-state index in [2.05, 4.69) is 105 Å². The predicted molar refractivity (Wildman–Crippen MR) is 152 cm³/mol. The van der Waals surface area contributed by atoms with Gasteiger partial charge in [-0.15, -0.1) is 0 Å². The van der Waals surface area contributed by atoms with Gasteiger partial charge in [0.15, 0.2) is 6.71 Å². The van der Waals surface area contributed by atoms with Crippen molar-refractivity contribution in [1.82, 2.24) is 9.88 Å². The molecule has 5 nitrogen and oxygen atoms in total. The number of benzene rings is 1. The van der Waals surface area contributed by atoms with Crippen LogP contribution in [0.5, 0.6) is 0 Å². The van der Waals surface area contributed by atoms with Gasteiger partial charge >= 0.3 is 6.09 Å². The van der Waals surface area contributed by atoms with Gasteiger partial charge in [0, 0.05) is 17.3 Å². The Labute approximate surface area is 241 Å². The predicted octanol–water partition coefficient (Wildman–Crippen LogP) is 8.51. The number of fused-ring (bicyclic) bond motifs is 1. The summed E-state index contributed by atoms with van der Waals surface area (Å²) < 4.78 is 2.85. The highest BCUT2D eigenvalue weighted by Crippen LogP contribution is 2.71. The smallest absolute Gasteiger partial charge is 0.414 e. The Morgan fingerprint density at radius 3 is 2.31 bits per heavy atom. The molecule has 0 aliphatic carbocycles. The summed E-state index contributed by atoms with van der Waals surface area (Å²) in [4.78, 5) is 21.2. The summed E-state index contributed by atoms with van der Waals surface area (Å²) in [6.07, 6.45) is 3.36. The molecule has 2 aliphatic heterocycles.